The van der Waals surface area contributed by atoms with Gasteiger partial charge in [-0.15, -0.1) is 0 Å². The number of rotatable bonds is 7. The fourth-order valence-corrected chi connectivity index (χ4v) is 2.68. The molecule has 0 saturated carbocycles. The van der Waals surface area contributed by atoms with Gasteiger partial charge in [0, 0.05) is 17.5 Å². The molecule has 0 saturated heterocycles. The minimum atomic E-state index is -0.407. The summed E-state index contributed by atoms with van der Waals surface area (Å²) in [6.07, 6.45) is 0.840. The highest BCUT2D eigenvalue weighted by atomic mass is 79.9. The molecule has 0 aliphatic carbocycles. The maximum absolute atomic E-state index is 11.0. The largest absolute Gasteiger partial charge is 0.477 e. The average molecular weight is 390 g/mol. The Balaban J connectivity index is 2.02. The molecule has 1 aromatic heterocycles. The molecule has 0 atom stereocenters. The SMILES string of the molecule is O=[N+]([O-])c1ccc2nn(Cc3ccccc3)c(OCCCBr)c2c1. The van der Waals surface area contributed by atoms with E-state index in [1.54, 1.807) is 10.7 Å². The van der Waals surface area contributed by atoms with Gasteiger partial charge in [0.05, 0.1) is 29.0 Å². The van der Waals surface area contributed by atoms with E-state index < -0.39 is 4.92 Å². The van der Waals surface area contributed by atoms with Crippen LogP contribution in [0.4, 0.5) is 5.69 Å². The number of non-ortho nitro benzene ring substituents is 1. The molecule has 124 valence electrons. The Morgan fingerprint density at radius 3 is 2.71 bits per heavy atom. The van der Waals surface area contributed by atoms with Crippen LogP contribution in [0.3, 0.4) is 0 Å². The van der Waals surface area contributed by atoms with Crippen molar-refractivity contribution in [3.63, 3.8) is 0 Å². The van der Waals surface area contributed by atoms with E-state index in [4.69, 9.17) is 4.74 Å². The highest BCUT2D eigenvalue weighted by Crippen LogP contribution is 2.30. The van der Waals surface area contributed by atoms with E-state index in [0.717, 1.165) is 17.3 Å². The van der Waals surface area contributed by atoms with Crippen LogP contribution in [0, 0.1) is 10.1 Å². The molecule has 7 heteroatoms. The predicted molar refractivity (Wildman–Crippen MR) is 95.8 cm³/mol. The maximum atomic E-state index is 11.0. The number of hydrogen-bond acceptors (Lipinski definition) is 4. The van der Waals surface area contributed by atoms with Gasteiger partial charge in [-0.3, -0.25) is 10.1 Å². The van der Waals surface area contributed by atoms with Crippen LogP contribution < -0.4 is 4.74 Å². The third-order valence-electron chi connectivity index (χ3n) is 3.58. The summed E-state index contributed by atoms with van der Waals surface area (Å²) in [5, 5.41) is 17.1. The monoisotopic (exact) mass is 389 g/mol. The van der Waals surface area contributed by atoms with Gasteiger partial charge in [0.25, 0.3) is 5.69 Å². The zero-order valence-corrected chi connectivity index (χ0v) is 14.5. The fourth-order valence-electron chi connectivity index (χ4n) is 2.45. The van der Waals surface area contributed by atoms with Gasteiger partial charge in [-0.1, -0.05) is 46.3 Å². The molecule has 1 heterocycles. The van der Waals surface area contributed by atoms with Crippen molar-refractivity contribution >= 4 is 32.5 Å². The lowest BCUT2D eigenvalue weighted by Gasteiger charge is -2.09. The van der Waals surface area contributed by atoms with Crippen LogP contribution in [-0.2, 0) is 6.54 Å². The van der Waals surface area contributed by atoms with Gasteiger partial charge < -0.3 is 4.74 Å². The molecule has 0 spiro atoms. The third-order valence-corrected chi connectivity index (χ3v) is 4.14. The number of fused-ring (bicyclic) bond motifs is 1. The molecule has 3 aromatic rings. The lowest BCUT2D eigenvalue weighted by Crippen LogP contribution is -2.07. The normalized spacial score (nSPS) is 10.9. The second kappa shape index (κ2) is 7.44. The van der Waals surface area contributed by atoms with E-state index in [-0.39, 0.29) is 5.69 Å². The maximum Gasteiger partial charge on any atom is 0.270 e. The topological polar surface area (TPSA) is 70.2 Å². The van der Waals surface area contributed by atoms with E-state index in [1.165, 1.54) is 12.1 Å². The van der Waals surface area contributed by atoms with E-state index in [2.05, 4.69) is 21.0 Å². The number of halogens is 1. The second-order valence-electron chi connectivity index (χ2n) is 5.30. The summed E-state index contributed by atoms with van der Waals surface area (Å²) < 4.78 is 7.65. The molecular weight excluding hydrogens is 374 g/mol. The van der Waals surface area contributed by atoms with Crippen LogP contribution >= 0.6 is 15.9 Å². The standard InChI is InChI=1S/C17H16BrN3O3/c18-9-4-10-24-17-15-11-14(21(22)23)7-8-16(15)19-20(17)12-13-5-2-1-3-6-13/h1-3,5-8,11H,4,9-10,12H2. The van der Waals surface area contributed by atoms with E-state index in [1.807, 2.05) is 30.3 Å². The summed E-state index contributed by atoms with van der Waals surface area (Å²) >= 11 is 3.37. The molecular formula is C17H16BrN3O3. The average Bonchev–Trinajstić information content (AvgIpc) is 2.92. The first kappa shape index (κ1) is 16.4. The number of aromatic nitrogens is 2. The first-order valence-corrected chi connectivity index (χ1v) is 8.69. The molecule has 3 rings (SSSR count). The van der Waals surface area contributed by atoms with Gasteiger partial charge in [-0.2, -0.15) is 5.10 Å². The van der Waals surface area contributed by atoms with E-state index in [0.29, 0.717) is 29.9 Å². The van der Waals surface area contributed by atoms with E-state index >= 15 is 0 Å². The van der Waals surface area contributed by atoms with Gasteiger partial charge in [0.2, 0.25) is 5.88 Å². The number of alkyl halides is 1. The molecule has 0 fully saturated rings. The quantitative estimate of drug-likeness (QED) is 0.263. The lowest BCUT2D eigenvalue weighted by atomic mass is 10.2. The molecule has 24 heavy (non-hydrogen) atoms. The molecule has 0 aliphatic heterocycles. The van der Waals surface area contributed by atoms with Crippen molar-refractivity contribution in [2.45, 2.75) is 13.0 Å². The summed E-state index contributed by atoms with van der Waals surface area (Å²) in [6, 6.07) is 14.6. The molecule has 0 aliphatic rings. The van der Waals surface area contributed by atoms with Crippen molar-refractivity contribution in [2.75, 3.05) is 11.9 Å². The van der Waals surface area contributed by atoms with Gasteiger partial charge in [0.15, 0.2) is 0 Å². The number of nitro benzene ring substituents is 1. The summed E-state index contributed by atoms with van der Waals surface area (Å²) in [7, 11) is 0. The van der Waals surface area contributed by atoms with Crippen LogP contribution in [0.2, 0.25) is 0 Å². The summed E-state index contributed by atoms with van der Waals surface area (Å²) in [5.74, 6) is 0.568. The predicted octanol–water partition coefficient (Wildman–Crippen LogP) is 4.16. The molecule has 0 N–H and O–H groups in total. The van der Waals surface area contributed by atoms with Crippen molar-refractivity contribution in [1.82, 2.24) is 9.78 Å². The van der Waals surface area contributed by atoms with Gasteiger partial charge >= 0.3 is 0 Å². The molecule has 0 amide bonds. The molecule has 2 aromatic carbocycles. The number of ether oxygens (including phenoxy) is 1. The van der Waals surface area contributed by atoms with Crippen molar-refractivity contribution < 1.29 is 9.66 Å². The Bertz CT molecular complexity index is 849. The first-order valence-electron chi connectivity index (χ1n) is 7.56. The Hall–Kier alpha value is -2.41. The summed E-state index contributed by atoms with van der Waals surface area (Å²) in [5.41, 5.74) is 1.81. The van der Waals surface area contributed by atoms with Gasteiger partial charge in [-0.25, -0.2) is 4.68 Å². The van der Waals surface area contributed by atoms with Crippen LogP contribution in [0.5, 0.6) is 5.88 Å². The van der Waals surface area contributed by atoms with Gasteiger partial charge in [-0.05, 0) is 18.1 Å². The Kier molecular flexibility index (Phi) is 5.10. The van der Waals surface area contributed by atoms with Crippen LogP contribution in [0.15, 0.2) is 48.5 Å². The van der Waals surface area contributed by atoms with Crippen LogP contribution in [-0.4, -0.2) is 26.6 Å². The Morgan fingerprint density at radius 2 is 2.00 bits per heavy atom. The smallest absolute Gasteiger partial charge is 0.270 e. The molecule has 0 bridgehead atoms. The van der Waals surface area contributed by atoms with Crippen molar-refractivity contribution in [1.29, 1.82) is 0 Å². The molecule has 0 unspecified atom stereocenters. The molecule has 6 nitrogen and oxygen atoms in total. The van der Waals surface area contributed by atoms with Crippen LogP contribution in [0.1, 0.15) is 12.0 Å². The van der Waals surface area contributed by atoms with Crippen molar-refractivity contribution in [3.8, 4) is 5.88 Å². The van der Waals surface area contributed by atoms with E-state index in [9.17, 15) is 10.1 Å². The zero-order valence-electron chi connectivity index (χ0n) is 12.9. The highest BCUT2D eigenvalue weighted by molar-refractivity contribution is 9.09. The Morgan fingerprint density at radius 1 is 1.21 bits per heavy atom. The fraction of sp³-hybridized carbons (Fsp3) is 0.235. The number of hydrogen-bond donors (Lipinski definition) is 0. The van der Waals surface area contributed by atoms with Crippen molar-refractivity contribution in [2.24, 2.45) is 0 Å². The minimum Gasteiger partial charge on any atom is -0.477 e. The number of nitro groups is 1. The summed E-state index contributed by atoms with van der Waals surface area (Å²) in [4.78, 5) is 10.6. The zero-order chi connectivity index (χ0) is 16.9. The van der Waals surface area contributed by atoms with Gasteiger partial charge in [0.1, 0.15) is 0 Å². The second-order valence-corrected chi connectivity index (χ2v) is 6.09. The number of nitrogens with zero attached hydrogens (tertiary/aromatic N) is 3. The first-order chi connectivity index (χ1) is 11.7. The summed E-state index contributed by atoms with van der Waals surface area (Å²) in [6.45, 7) is 1.07. The highest BCUT2D eigenvalue weighted by Gasteiger charge is 2.17. The molecule has 0 radical (unpaired) electrons. The van der Waals surface area contributed by atoms with Crippen molar-refractivity contribution in [3.05, 3.63) is 64.2 Å². The minimum absolute atomic E-state index is 0.0344. The number of benzene rings is 2. The third kappa shape index (κ3) is 3.56. The Labute approximate surface area is 147 Å². The lowest BCUT2D eigenvalue weighted by molar-refractivity contribution is -0.384. The van der Waals surface area contributed by atoms with Crippen LogP contribution in [0.25, 0.3) is 10.9 Å².